The molecule has 0 heterocycles. The van der Waals surface area contributed by atoms with Gasteiger partial charge in [0.05, 0.1) is 18.5 Å². The van der Waals surface area contributed by atoms with Crippen molar-refractivity contribution in [2.45, 2.75) is 0 Å². The molecular weight excluding hydrogens is 147 g/mol. The first-order valence-corrected chi connectivity index (χ1v) is 3.08. The van der Waals surface area contributed by atoms with Gasteiger partial charge in [-0.25, -0.2) is 5.54 Å². The SMILES string of the molecule is COc1ccc(NF)c(N)c1. The van der Waals surface area contributed by atoms with Gasteiger partial charge in [-0.3, -0.25) is 0 Å². The molecule has 4 heteroatoms. The van der Waals surface area contributed by atoms with Crippen LogP contribution in [-0.4, -0.2) is 7.11 Å². The number of hydrogen-bond acceptors (Lipinski definition) is 3. The van der Waals surface area contributed by atoms with Gasteiger partial charge in [0, 0.05) is 6.07 Å². The van der Waals surface area contributed by atoms with Gasteiger partial charge in [-0.2, -0.15) is 0 Å². The number of hydrogen-bond donors (Lipinski definition) is 2. The van der Waals surface area contributed by atoms with Crippen LogP contribution in [0.25, 0.3) is 0 Å². The van der Waals surface area contributed by atoms with Gasteiger partial charge >= 0.3 is 0 Å². The molecule has 0 atom stereocenters. The van der Waals surface area contributed by atoms with Gasteiger partial charge in [-0.1, -0.05) is 0 Å². The molecule has 1 aromatic carbocycles. The minimum atomic E-state index is 0.255. The second-order valence-electron chi connectivity index (χ2n) is 2.05. The van der Waals surface area contributed by atoms with Gasteiger partial charge in [0.15, 0.2) is 0 Å². The minimum absolute atomic E-state index is 0.255. The second kappa shape index (κ2) is 3.09. The number of anilines is 2. The summed E-state index contributed by atoms with van der Waals surface area (Å²) in [6.07, 6.45) is 0. The lowest BCUT2D eigenvalue weighted by Crippen LogP contribution is -1.93. The Kier molecular flexibility index (Phi) is 2.15. The molecule has 0 aliphatic rings. The summed E-state index contributed by atoms with van der Waals surface area (Å²) in [5, 5.41) is 0. The fourth-order valence-corrected chi connectivity index (χ4v) is 0.754. The summed E-state index contributed by atoms with van der Waals surface area (Å²) < 4.78 is 16.7. The predicted octanol–water partition coefficient (Wildman–Crippen LogP) is 1.57. The van der Waals surface area contributed by atoms with E-state index in [1.807, 2.05) is 0 Å². The molecule has 3 nitrogen and oxygen atoms in total. The molecule has 0 spiro atoms. The number of rotatable bonds is 2. The summed E-state index contributed by atoms with van der Waals surface area (Å²) in [5.74, 6) is 0.613. The van der Waals surface area contributed by atoms with Crippen molar-refractivity contribution in [1.29, 1.82) is 0 Å². The zero-order valence-electron chi connectivity index (χ0n) is 6.10. The van der Waals surface area contributed by atoms with Crippen LogP contribution in [-0.2, 0) is 0 Å². The van der Waals surface area contributed by atoms with Gasteiger partial charge < -0.3 is 10.5 Å². The van der Waals surface area contributed by atoms with Crippen molar-refractivity contribution < 1.29 is 9.22 Å². The van der Waals surface area contributed by atoms with Crippen LogP contribution >= 0.6 is 0 Å². The molecule has 0 unspecified atom stereocenters. The summed E-state index contributed by atoms with van der Waals surface area (Å²) in [6, 6.07) is 4.67. The van der Waals surface area contributed by atoms with Gasteiger partial charge in [-0.05, 0) is 12.1 Å². The van der Waals surface area contributed by atoms with E-state index in [9.17, 15) is 4.48 Å². The van der Waals surface area contributed by atoms with Crippen molar-refractivity contribution in [2.75, 3.05) is 18.4 Å². The standard InChI is InChI=1S/C7H9FN2O/c1-11-5-2-3-7(10-8)6(9)4-5/h2-4,10H,9H2,1H3. The molecule has 0 radical (unpaired) electrons. The quantitative estimate of drug-likeness (QED) is 0.504. The number of nitrogen functional groups attached to an aromatic ring is 1. The Morgan fingerprint density at radius 2 is 2.27 bits per heavy atom. The molecule has 3 N–H and O–H groups in total. The molecular formula is C7H9FN2O. The van der Waals surface area contributed by atoms with Crippen LogP contribution in [0.4, 0.5) is 15.9 Å². The van der Waals surface area contributed by atoms with Gasteiger partial charge in [-0.15, -0.1) is 4.48 Å². The third-order valence-corrected chi connectivity index (χ3v) is 1.36. The molecule has 0 saturated heterocycles. The lowest BCUT2D eigenvalue weighted by Gasteiger charge is -2.03. The maximum Gasteiger partial charge on any atom is 0.121 e. The molecule has 0 bridgehead atoms. The molecule has 0 aliphatic heterocycles. The Morgan fingerprint density at radius 3 is 2.73 bits per heavy atom. The Morgan fingerprint density at radius 1 is 1.55 bits per heavy atom. The van der Waals surface area contributed by atoms with Crippen LogP contribution in [0.2, 0.25) is 0 Å². The van der Waals surface area contributed by atoms with E-state index in [-0.39, 0.29) is 5.69 Å². The fraction of sp³-hybridized carbons (Fsp3) is 0.143. The van der Waals surface area contributed by atoms with Crippen LogP contribution in [0.3, 0.4) is 0 Å². The van der Waals surface area contributed by atoms with Gasteiger partial charge in [0.2, 0.25) is 0 Å². The molecule has 0 aromatic heterocycles. The van der Waals surface area contributed by atoms with Crippen molar-refractivity contribution in [3.63, 3.8) is 0 Å². The lowest BCUT2D eigenvalue weighted by molar-refractivity contribution is 0.415. The van der Waals surface area contributed by atoms with Gasteiger partial charge in [0.25, 0.3) is 0 Å². The first-order valence-electron chi connectivity index (χ1n) is 3.08. The normalized spacial score (nSPS) is 9.27. The first kappa shape index (κ1) is 7.65. The van der Waals surface area contributed by atoms with Crippen molar-refractivity contribution >= 4 is 11.4 Å². The van der Waals surface area contributed by atoms with Crippen LogP contribution in [0.15, 0.2) is 18.2 Å². The zero-order chi connectivity index (χ0) is 8.27. The van der Waals surface area contributed by atoms with Crippen molar-refractivity contribution in [3.05, 3.63) is 18.2 Å². The zero-order valence-corrected chi connectivity index (χ0v) is 6.10. The van der Waals surface area contributed by atoms with Crippen LogP contribution in [0.1, 0.15) is 0 Å². The monoisotopic (exact) mass is 156 g/mol. The number of methoxy groups -OCH3 is 1. The molecule has 0 fully saturated rings. The Hall–Kier alpha value is -1.45. The number of benzene rings is 1. The maximum absolute atomic E-state index is 11.9. The highest BCUT2D eigenvalue weighted by molar-refractivity contribution is 5.66. The van der Waals surface area contributed by atoms with E-state index in [0.717, 1.165) is 0 Å². The van der Waals surface area contributed by atoms with E-state index < -0.39 is 0 Å². The highest BCUT2D eigenvalue weighted by Crippen LogP contribution is 2.23. The highest BCUT2D eigenvalue weighted by atomic mass is 19.2. The second-order valence-corrected chi connectivity index (χ2v) is 2.05. The fourth-order valence-electron chi connectivity index (χ4n) is 0.754. The summed E-state index contributed by atoms with van der Waals surface area (Å²) in [7, 11) is 1.53. The summed E-state index contributed by atoms with van der Waals surface area (Å²) in [6.45, 7) is 0. The molecule has 0 amide bonds. The molecule has 60 valence electrons. The minimum Gasteiger partial charge on any atom is -0.497 e. The molecule has 0 saturated carbocycles. The Labute approximate surface area is 63.9 Å². The number of halogens is 1. The molecule has 1 aromatic rings. The molecule has 11 heavy (non-hydrogen) atoms. The third kappa shape index (κ3) is 1.52. The number of nitrogens with two attached hydrogens (primary N) is 1. The topological polar surface area (TPSA) is 47.3 Å². The van der Waals surface area contributed by atoms with Crippen molar-refractivity contribution in [1.82, 2.24) is 0 Å². The van der Waals surface area contributed by atoms with Crippen molar-refractivity contribution in [3.8, 4) is 5.75 Å². The average molecular weight is 156 g/mol. The van der Waals surface area contributed by atoms with E-state index in [1.54, 1.807) is 12.1 Å². The highest BCUT2D eigenvalue weighted by Gasteiger charge is 1.98. The molecule has 1 rings (SSSR count). The van der Waals surface area contributed by atoms with Crippen LogP contribution in [0.5, 0.6) is 5.75 Å². The number of ether oxygens (including phenoxy) is 1. The summed E-state index contributed by atoms with van der Waals surface area (Å²) in [4.78, 5) is 0. The van der Waals surface area contributed by atoms with Gasteiger partial charge in [0.1, 0.15) is 5.75 Å². The van der Waals surface area contributed by atoms with E-state index in [4.69, 9.17) is 10.5 Å². The molecule has 0 aliphatic carbocycles. The predicted molar refractivity (Wildman–Crippen MR) is 42.1 cm³/mol. The Bertz CT molecular complexity index is 252. The largest absolute Gasteiger partial charge is 0.497 e. The van der Waals surface area contributed by atoms with Crippen LogP contribution < -0.4 is 16.0 Å². The van der Waals surface area contributed by atoms with E-state index in [1.165, 1.54) is 18.7 Å². The Balaban J connectivity index is 2.99. The third-order valence-electron chi connectivity index (χ3n) is 1.36. The average Bonchev–Trinajstić information content (AvgIpc) is 2.04. The van der Waals surface area contributed by atoms with Crippen molar-refractivity contribution in [2.24, 2.45) is 0 Å². The van der Waals surface area contributed by atoms with E-state index in [0.29, 0.717) is 11.4 Å². The van der Waals surface area contributed by atoms with E-state index in [2.05, 4.69) is 0 Å². The van der Waals surface area contributed by atoms with E-state index >= 15 is 0 Å². The first-order chi connectivity index (χ1) is 5.27. The number of nitrogens with one attached hydrogen (secondary N) is 1. The summed E-state index contributed by atoms with van der Waals surface area (Å²) >= 11 is 0. The maximum atomic E-state index is 11.9. The smallest absolute Gasteiger partial charge is 0.121 e. The van der Waals surface area contributed by atoms with Crippen LogP contribution in [0, 0.1) is 0 Å². The summed E-state index contributed by atoms with van der Waals surface area (Å²) in [5.41, 5.74) is 7.47. The lowest BCUT2D eigenvalue weighted by atomic mass is 10.2.